The Bertz CT molecular complexity index is 1450. The minimum absolute atomic E-state index is 0.0504. The van der Waals surface area contributed by atoms with Crippen LogP contribution in [0.1, 0.15) is 40.6 Å². The molecule has 0 atom stereocenters. The van der Waals surface area contributed by atoms with Crippen LogP contribution in [0.25, 0.3) is 16.9 Å². The van der Waals surface area contributed by atoms with Crippen molar-refractivity contribution < 1.29 is 14.3 Å². The number of rotatable bonds is 5. The first-order valence-electron chi connectivity index (χ1n) is 12.3. The van der Waals surface area contributed by atoms with E-state index < -0.39 is 0 Å². The highest BCUT2D eigenvalue weighted by atomic mass is 16.5. The molecule has 0 bridgehead atoms. The van der Waals surface area contributed by atoms with E-state index in [1.54, 1.807) is 53.6 Å². The molecule has 2 aromatic rings. The van der Waals surface area contributed by atoms with Gasteiger partial charge in [-0.2, -0.15) is 9.78 Å². The Hall–Kier alpha value is -4.40. The van der Waals surface area contributed by atoms with E-state index in [0.717, 1.165) is 0 Å². The standard InChI is InChI=1S/C28H29N5O4/c1-19(2)32-17-23(25-24(18-32)28(36)33(29-25)21-7-5-4-6-8-21)27(35)31-15-13-30(14-16-31)26(34)20-9-11-22(37-3)12-10-20/h4-12,17-19H,13-16H2,1-3H3. The zero-order valence-electron chi connectivity index (χ0n) is 21.1. The predicted molar refractivity (Wildman–Crippen MR) is 140 cm³/mol. The molecule has 5 rings (SSSR count). The summed E-state index contributed by atoms with van der Waals surface area (Å²) in [6.45, 7) is 5.61. The number of para-hydroxylation sites is 1. The Morgan fingerprint density at radius 2 is 1.49 bits per heavy atom. The predicted octanol–water partition coefficient (Wildman–Crippen LogP) is 3.33. The maximum absolute atomic E-state index is 13.7. The number of ether oxygens (including phenoxy) is 1. The SMILES string of the molecule is COc1ccc(C(=O)N2CCN(C(=O)c3cn(C(C)C)cc4c(=O)n(-c5ccccc5)nc3-4)CC2)cc1. The Labute approximate surface area is 214 Å². The van der Waals surface area contributed by atoms with Crippen molar-refractivity contribution in [2.24, 2.45) is 0 Å². The lowest BCUT2D eigenvalue weighted by atomic mass is 10.1. The van der Waals surface area contributed by atoms with Gasteiger partial charge in [-0.3, -0.25) is 14.4 Å². The normalized spacial score (nSPS) is 13.8. The Morgan fingerprint density at radius 3 is 2.08 bits per heavy atom. The number of aromatic nitrogens is 3. The van der Waals surface area contributed by atoms with Crippen molar-refractivity contribution in [2.75, 3.05) is 33.3 Å². The van der Waals surface area contributed by atoms with E-state index in [1.807, 2.05) is 48.7 Å². The molecule has 0 aliphatic carbocycles. The molecule has 0 radical (unpaired) electrons. The summed E-state index contributed by atoms with van der Waals surface area (Å²) in [7, 11) is 1.58. The van der Waals surface area contributed by atoms with Crippen LogP contribution in [-0.4, -0.2) is 69.3 Å². The fraction of sp³-hybridized carbons (Fsp3) is 0.286. The van der Waals surface area contributed by atoms with E-state index in [2.05, 4.69) is 5.10 Å². The summed E-state index contributed by atoms with van der Waals surface area (Å²) in [5, 5.41) is 4.56. The third-order valence-corrected chi connectivity index (χ3v) is 6.71. The van der Waals surface area contributed by atoms with Gasteiger partial charge >= 0.3 is 0 Å². The topological polar surface area (TPSA) is 89.7 Å². The van der Waals surface area contributed by atoms with E-state index in [9.17, 15) is 14.4 Å². The number of pyridine rings is 1. The first kappa shape index (κ1) is 24.3. The zero-order valence-corrected chi connectivity index (χ0v) is 21.1. The highest BCUT2D eigenvalue weighted by Crippen LogP contribution is 2.26. The van der Waals surface area contributed by atoms with Crippen molar-refractivity contribution in [2.45, 2.75) is 19.9 Å². The van der Waals surface area contributed by atoms with Gasteiger partial charge in [0.2, 0.25) is 0 Å². The summed E-state index contributed by atoms with van der Waals surface area (Å²) < 4.78 is 8.38. The number of nitrogens with zero attached hydrogens (tertiary/aromatic N) is 5. The molecule has 2 aromatic carbocycles. The minimum atomic E-state index is -0.264. The summed E-state index contributed by atoms with van der Waals surface area (Å²) in [6, 6.07) is 16.2. The lowest BCUT2D eigenvalue weighted by Gasteiger charge is -2.35. The summed E-state index contributed by atoms with van der Waals surface area (Å²) in [6.07, 6.45) is 3.53. The molecule has 1 fully saturated rings. The van der Waals surface area contributed by atoms with Crippen molar-refractivity contribution >= 4 is 11.8 Å². The van der Waals surface area contributed by atoms with E-state index in [1.165, 1.54) is 4.68 Å². The van der Waals surface area contributed by atoms with Crippen LogP contribution in [0.2, 0.25) is 0 Å². The first-order chi connectivity index (χ1) is 17.9. The highest BCUT2D eigenvalue weighted by Gasteiger charge is 2.30. The van der Waals surface area contributed by atoms with Crippen LogP contribution in [0.15, 0.2) is 71.8 Å². The smallest absolute Gasteiger partial charge is 0.282 e. The van der Waals surface area contributed by atoms with Crippen LogP contribution in [0.4, 0.5) is 0 Å². The molecule has 1 saturated heterocycles. The summed E-state index contributed by atoms with van der Waals surface area (Å²) >= 11 is 0. The van der Waals surface area contributed by atoms with Crippen LogP contribution in [0, 0.1) is 0 Å². The Kier molecular flexibility index (Phi) is 6.52. The molecule has 0 aromatic heterocycles. The van der Waals surface area contributed by atoms with Crippen molar-refractivity contribution in [3.8, 4) is 22.7 Å². The monoisotopic (exact) mass is 499 g/mol. The Morgan fingerprint density at radius 1 is 0.865 bits per heavy atom. The highest BCUT2D eigenvalue weighted by molar-refractivity contribution is 6.00. The average molecular weight is 500 g/mol. The number of fused-ring (bicyclic) bond motifs is 1. The fourth-order valence-corrected chi connectivity index (χ4v) is 4.52. The Balaban J connectivity index is 1.40. The molecule has 3 aliphatic heterocycles. The largest absolute Gasteiger partial charge is 0.497 e. The number of carbonyl (C=O) groups is 2. The molecule has 2 amide bonds. The van der Waals surface area contributed by atoms with Gasteiger partial charge in [0.05, 0.1) is 23.9 Å². The van der Waals surface area contributed by atoms with Gasteiger partial charge in [0.1, 0.15) is 11.4 Å². The van der Waals surface area contributed by atoms with Gasteiger partial charge in [0.25, 0.3) is 17.4 Å². The second-order valence-corrected chi connectivity index (χ2v) is 9.34. The number of hydrogen-bond acceptors (Lipinski definition) is 5. The minimum Gasteiger partial charge on any atom is -0.497 e. The lowest BCUT2D eigenvalue weighted by Crippen LogP contribution is -2.50. The molecule has 37 heavy (non-hydrogen) atoms. The average Bonchev–Trinajstić information content (AvgIpc) is 3.28. The molecule has 190 valence electrons. The van der Waals surface area contributed by atoms with Crippen molar-refractivity contribution in [3.05, 3.63) is 88.5 Å². The molecular weight excluding hydrogens is 470 g/mol. The van der Waals surface area contributed by atoms with Gasteiger partial charge in [-0.15, -0.1) is 0 Å². The van der Waals surface area contributed by atoms with Gasteiger partial charge in [0.15, 0.2) is 0 Å². The number of methoxy groups -OCH3 is 1. The molecular formula is C28H29N5O4. The van der Waals surface area contributed by atoms with Gasteiger partial charge in [-0.05, 0) is 50.2 Å². The fourth-order valence-electron chi connectivity index (χ4n) is 4.52. The van der Waals surface area contributed by atoms with E-state index in [0.29, 0.717) is 60.0 Å². The van der Waals surface area contributed by atoms with Gasteiger partial charge in [-0.25, -0.2) is 0 Å². The first-order valence-corrected chi connectivity index (χ1v) is 12.3. The van der Waals surface area contributed by atoms with Crippen molar-refractivity contribution in [3.63, 3.8) is 0 Å². The number of benzene rings is 2. The maximum atomic E-state index is 13.7. The van der Waals surface area contributed by atoms with E-state index in [4.69, 9.17) is 4.74 Å². The molecule has 0 N–H and O–H groups in total. The van der Waals surface area contributed by atoms with Gasteiger partial charge in [0, 0.05) is 50.2 Å². The zero-order chi connectivity index (χ0) is 26.1. The van der Waals surface area contributed by atoms with E-state index >= 15 is 0 Å². The van der Waals surface area contributed by atoms with Crippen LogP contribution in [0.3, 0.4) is 0 Å². The third kappa shape index (κ3) is 4.60. The molecule has 3 heterocycles. The lowest BCUT2D eigenvalue weighted by molar-refractivity contribution is 0.0535. The molecule has 0 spiro atoms. The molecule has 0 saturated carbocycles. The van der Waals surface area contributed by atoms with Crippen LogP contribution >= 0.6 is 0 Å². The number of amides is 2. The molecule has 0 unspecified atom stereocenters. The molecule has 9 nitrogen and oxygen atoms in total. The van der Waals surface area contributed by atoms with Gasteiger partial charge < -0.3 is 19.1 Å². The number of carbonyl (C=O) groups excluding carboxylic acids is 2. The third-order valence-electron chi connectivity index (χ3n) is 6.71. The number of hydrogen-bond donors (Lipinski definition) is 0. The summed E-state index contributed by atoms with van der Waals surface area (Å²) in [4.78, 5) is 43.4. The van der Waals surface area contributed by atoms with Crippen LogP contribution < -0.4 is 10.3 Å². The summed E-state index contributed by atoms with van der Waals surface area (Å²) in [5.41, 5.74) is 2.12. The number of piperazine rings is 1. The van der Waals surface area contributed by atoms with Crippen molar-refractivity contribution in [1.29, 1.82) is 0 Å². The van der Waals surface area contributed by atoms with Gasteiger partial charge in [-0.1, -0.05) is 18.2 Å². The second kappa shape index (κ2) is 9.93. The second-order valence-electron chi connectivity index (χ2n) is 9.34. The maximum Gasteiger partial charge on any atom is 0.282 e. The van der Waals surface area contributed by atoms with E-state index in [-0.39, 0.29) is 23.4 Å². The quantitative estimate of drug-likeness (QED) is 0.420. The molecule has 3 aliphatic rings. The van der Waals surface area contributed by atoms with Crippen LogP contribution in [-0.2, 0) is 0 Å². The van der Waals surface area contributed by atoms with Crippen molar-refractivity contribution in [1.82, 2.24) is 24.1 Å². The van der Waals surface area contributed by atoms with Crippen LogP contribution in [0.5, 0.6) is 5.75 Å². The molecule has 9 heteroatoms. The summed E-state index contributed by atoms with van der Waals surface area (Å²) in [5.74, 6) is 0.414.